The van der Waals surface area contributed by atoms with Crippen LogP contribution in [0.1, 0.15) is 78.1 Å². The second-order valence-corrected chi connectivity index (χ2v) is 5.86. The molecule has 0 radical (unpaired) electrons. The van der Waals surface area contributed by atoms with E-state index in [9.17, 15) is 5.11 Å². The molecule has 2 nitrogen and oxygen atoms in total. The summed E-state index contributed by atoms with van der Waals surface area (Å²) in [5, 5.41) is 9.97. The van der Waals surface area contributed by atoms with E-state index in [0.29, 0.717) is 0 Å². The number of hydrogen-bond donors (Lipinski definition) is 1. The Bertz CT molecular complexity index is 194. The van der Waals surface area contributed by atoms with Gasteiger partial charge in [-0.2, -0.15) is 0 Å². The lowest BCUT2D eigenvalue weighted by Gasteiger charge is -2.33. The van der Waals surface area contributed by atoms with Crippen LogP contribution in [-0.2, 0) is 4.74 Å². The van der Waals surface area contributed by atoms with Crippen LogP contribution in [0.25, 0.3) is 0 Å². The number of ether oxygens (including phenoxy) is 1. The molecule has 0 amide bonds. The van der Waals surface area contributed by atoms with Crippen molar-refractivity contribution < 1.29 is 9.84 Å². The van der Waals surface area contributed by atoms with Gasteiger partial charge in [-0.3, -0.25) is 0 Å². The fourth-order valence-electron chi connectivity index (χ4n) is 2.99. The summed E-state index contributed by atoms with van der Waals surface area (Å²) in [6.45, 7) is 5.32. The zero-order valence-corrected chi connectivity index (χ0v) is 12.4. The smallest absolute Gasteiger partial charge is 0.0836 e. The molecule has 3 atom stereocenters. The van der Waals surface area contributed by atoms with Crippen LogP contribution in [0.15, 0.2) is 0 Å². The Balaban J connectivity index is 2.10. The summed E-state index contributed by atoms with van der Waals surface area (Å²) in [7, 11) is 0. The molecule has 1 aliphatic rings. The van der Waals surface area contributed by atoms with Gasteiger partial charge in [0.05, 0.1) is 12.2 Å². The molecular weight excluding hydrogens is 224 g/mol. The Hall–Kier alpha value is -0.0800. The van der Waals surface area contributed by atoms with Crippen molar-refractivity contribution in [2.45, 2.75) is 90.3 Å². The van der Waals surface area contributed by atoms with Gasteiger partial charge in [0.2, 0.25) is 0 Å². The predicted octanol–water partition coefficient (Wildman–Crippen LogP) is 4.30. The van der Waals surface area contributed by atoms with Crippen LogP contribution >= 0.6 is 0 Å². The fraction of sp³-hybridized carbons (Fsp3) is 1.00. The SMILES string of the molecule is CCCCCCCOC1CC(CCC)CCC1O. The Morgan fingerprint density at radius 1 is 1.00 bits per heavy atom. The highest BCUT2D eigenvalue weighted by atomic mass is 16.5. The van der Waals surface area contributed by atoms with E-state index in [1.54, 1.807) is 0 Å². The first kappa shape index (κ1) is 16.0. The van der Waals surface area contributed by atoms with Gasteiger partial charge in [-0.15, -0.1) is 0 Å². The van der Waals surface area contributed by atoms with Crippen molar-refractivity contribution in [3.8, 4) is 0 Å². The highest BCUT2D eigenvalue weighted by Gasteiger charge is 2.29. The molecule has 1 rings (SSSR count). The average molecular weight is 256 g/mol. The van der Waals surface area contributed by atoms with Crippen LogP contribution in [0.5, 0.6) is 0 Å². The number of rotatable bonds is 9. The summed E-state index contributed by atoms with van der Waals surface area (Å²) < 4.78 is 5.90. The maximum Gasteiger partial charge on any atom is 0.0836 e. The average Bonchev–Trinajstić information content (AvgIpc) is 2.37. The zero-order valence-electron chi connectivity index (χ0n) is 12.4. The van der Waals surface area contributed by atoms with Crippen molar-refractivity contribution in [3.05, 3.63) is 0 Å². The first-order valence-corrected chi connectivity index (χ1v) is 8.07. The van der Waals surface area contributed by atoms with E-state index in [1.165, 1.54) is 44.9 Å². The molecule has 0 heterocycles. The lowest BCUT2D eigenvalue weighted by Crippen LogP contribution is -2.36. The van der Waals surface area contributed by atoms with Gasteiger partial charge in [0.15, 0.2) is 0 Å². The number of aliphatic hydroxyl groups is 1. The van der Waals surface area contributed by atoms with E-state index in [4.69, 9.17) is 4.74 Å². The lowest BCUT2D eigenvalue weighted by molar-refractivity contribution is -0.0729. The van der Waals surface area contributed by atoms with Gasteiger partial charge in [-0.05, 0) is 31.6 Å². The van der Waals surface area contributed by atoms with E-state index in [-0.39, 0.29) is 12.2 Å². The molecule has 1 saturated carbocycles. The minimum atomic E-state index is -0.214. The van der Waals surface area contributed by atoms with Gasteiger partial charge in [0.1, 0.15) is 0 Å². The first-order valence-electron chi connectivity index (χ1n) is 8.07. The number of hydrogen-bond acceptors (Lipinski definition) is 2. The summed E-state index contributed by atoms with van der Waals surface area (Å²) in [5.41, 5.74) is 0. The fourth-order valence-corrected chi connectivity index (χ4v) is 2.99. The lowest BCUT2D eigenvalue weighted by atomic mass is 9.83. The van der Waals surface area contributed by atoms with E-state index in [1.807, 2.05) is 0 Å². The first-order chi connectivity index (χ1) is 8.77. The Kier molecular flexibility index (Phi) is 8.70. The monoisotopic (exact) mass is 256 g/mol. The standard InChI is InChI=1S/C16H32O2/c1-3-5-6-7-8-12-18-16-13-14(9-4-2)10-11-15(16)17/h14-17H,3-13H2,1-2H3. The van der Waals surface area contributed by atoms with Crippen LogP contribution < -0.4 is 0 Å². The van der Waals surface area contributed by atoms with Gasteiger partial charge >= 0.3 is 0 Å². The van der Waals surface area contributed by atoms with Crippen LogP contribution in [-0.4, -0.2) is 23.9 Å². The minimum absolute atomic E-state index is 0.112. The summed E-state index contributed by atoms with van der Waals surface area (Å²) in [6, 6.07) is 0. The summed E-state index contributed by atoms with van der Waals surface area (Å²) in [6.07, 6.45) is 12.0. The molecule has 3 unspecified atom stereocenters. The molecule has 0 aromatic rings. The van der Waals surface area contributed by atoms with Gasteiger partial charge in [0, 0.05) is 6.61 Å². The topological polar surface area (TPSA) is 29.5 Å². The summed E-state index contributed by atoms with van der Waals surface area (Å²) in [5.74, 6) is 0.781. The highest BCUT2D eigenvalue weighted by Crippen LogP contribution is 2.30. The largest absolute Gasteiger partial charge is 0.390 e. The van der Waals surface area contributed by atoms with Crippen LogP contribution in [0.3, 0.4) is 0 Å². The zero-order chi connectivity index (χ0) is 13.2. The van der Waals surface area contributed by atoms with Crippen molar-refractivity contribution in [3.63, 3.8) is 0 Å². The molecule has 0 aromatic heterocycles. The Morgan fingerprint density at radius 2 is 1.78 bits per heavy atom. The maximum absolute atomic E-state index is 9.97. The second kappa shape index (κ2) is 9.80. The van der Waals surface area contributed by atoms with Crippen LogP contribution in [0.4, 0.5) is 0 Å². The maximum atomic E-state index is 9.97. The van der Waals surface area contributed by atoms with E-state index >= 15 is 0 Å². The van der Waals surface area contributed by atoms with Crippen molar-refractivity contribution in [2.24, 2.45) is 5.92 Å². The van der Waals surface area contributed by atoms with E-state index < -0.39 is 0 Å². The van der Waals surface area contributed by atoms with Crippen molar-refractivity contribution >= 4 is 0 Å². The predicted molar refractivity (Wildman–Crippen MR) is 76.8 cm³/mol. The Morgan fingerprint density at radius 3 is 2.50 bits per heavy atom. The molecule has 1 aliphatic carbocycles. The van der Waals surface area contributed by atoms with E-state index in [2.05, 4.69) is 13.8 Å². The second-order valence-electron chi connectivity index (χ2n) is 5.86. The molecule has 18 heavy (non-hydrogen) atoms. The molecule has 0 aromatic carbocycles. The number of unbranched alkanes of at least 4 members (excludes halogenated alkanes) is 4. The van der Waals surface area contributed by atoms with Crippen LogP contribution in [0, 0.1) is 5.92 Å². The van der Waals surface area contributed by atoms with Gasteiger partial charge in [0.25, 0.3) is 0 Å². The molecular formula is C16H32O2. The van der Waals surface area contributed by atoms with Gasteiger partial charge in [-0.25, -0.2) is 0 Å². The minimum Gasteiger partial charge on any atom is -0.390 e. The van der Waals surface area contributed by atoms with Crippen LogP contribution in [0.2, 0.25) is 0 Å². The summed E-state index contributed by atoms with van der Waals surface area (Å²) >= 11 is 0. The highest BCUT2D eigenvalue weighted by molar-refractivity contribution is 4.80. The normalized spacial score (nSPS) is 28.5. The molecule has 1 N–H and O–H groups in total. The molecule has 0 saturated heterocycles. The van der Waals surface area contributed by atoms with Gasteiger partial charge in [-0.1, -0.05) is 52.4 Å². The molecule has 0 spiro atoms. The Labute approximate surface area is 113 Å². The molecule has 0 aliphatic heterocycles. The quantitative estimate of drug-likeness (QED) is 0.623. The third-order valence-electron chi connectivity index (χ3n) is 4.14. The molecule has 1 fully saturated rings. The third kappa shape index (κ3) is 6.19. The van der Waals surface area contributed by atoms with Crippen molar-refractivity contribution in [2.75, 3.05) is 6.61 Å². The molecule has 2 heteroatoms. The molecule has 108 valence electrons. The van der Waals surface area contributed by atoms with Gasteiger partial charge < -0.3 is 9.84 Å². The summed E-state index contributed by atoms with van der Waals surface area (Å²) in [4.78, 5) is 0. The number of aliphatic hydroxyl groups excluding tert-OH is 1. The molecule has 0 bridgehead atoms. The van der Waals surface area contributed by atoms with Crippen molar-refractivity contribution in [1.29, 1.82) is 0 Å². The third-order valence-corrected chi connectivity index (χ3v) is 4.14. The van der Waals surface area contributed by atoms with E-state index in [0.717, 1.165) is 31.8 Å². The van der Waals surface area contributed by atoms with Crippen molar-refractivity contribution in [1.82, 2.24) is 0 Å².